The SMILES string of the molecule is [Se]C([Se])=NN1CCSCC1. The van der Waals surface area contributed by atoms with Gasteiger partial charge in [-0.1, -0.05) is 0 Å². The van der Waals surface area contributed by atoms with E-state index in [-0.39, 0.29) is 0 Å². The quantitative estimate of drug-likeness (QED) is 0.483. The molecule has 0 aromatic heterocycles. The molecule has 0 aliphatic carbocycles. The summed E-state index contributed by atoms with van der Waals surface area (Å²) in [6.07, 6.45) is 0. The normalized spacial score (nSPS) is 18.6. The molecule has 0 spiro atoms. The Balaban J connectivity index is 2.33. The van der Waals surface area contributed by atoms with Crippen molar-refractivity contribution >= 4 is 47.3 Å². The number of hydrogen-bond donors (Lipinski definition) is 0. The Kier molecular flexibility index (Phi) is 4.19. The molecular formula is C5H8N2SSe2. The van der Waals surface area contributed by atoms with Crippen LogP contribution >= 0.6 is 11.8 Å². The van der Waals surface area contributed by atoms with Crippen LogP contribution in [0.2, 0.25) is 0 Å². The third-order valence-electron chi connectivity index (χ3n) is 1.21. The fraction of sp³-hybridized carbons (Fsp3) is 0.800. The molecule has 10 heavy (non-hydrogen) atoms. The minimum absolute atomic E-state index is 0.909. The van der Waals surface area contributed by atoms with Crippen molar-refractivity contribution in [3.63, 3.8) is 0 Å². The van der Waals surface area contributed by atoms with E-state index in [0.717, 1.165) is 16.6 Å². The van der Waals surface area contributed by atoms with E-state index in [2.05, 4.69) is 42.1 Å². The Morgan fingerprint density at radius 2 is 1.90 bits per heavy atom. The second kappa shape index (κ2) is 4.68. The predicted octanol–water partition coefficient (Wildman–Crippen LogP) is -0.357. The monoisotopic (exact) mass is 288 g/mol. The van der Waals surface area contributed by atoms with E-state index in [1.165, 1.54) is 11.5 Å². The van der Waals surface area contributed by atoms with Crippen LogP contribution < -0.4 is 0 Å². The number of hydrogen-bond acceptors (Lipinski definition) is 3. The summed E-state index contributed by atoms with van der Waals surface area (Å²) in [5, 5.41) is 6.36. The molecule has 1 aliphatic heterocycles. The molecule has 0 amide bonds. The molecule has 1 fully saturated rings. The Labute approximate surface area is 81.8 Å². The Hall–Kier alpha value is 0.859. The van der Waals surface area contributed by atoms with Gasteiger partial charge in [-0.05, 0) is 0 Å². The zero-order valence-electron chi connectivity index (χ0n) is 5.45. The Morgan fingerprint density at radius 1 is 1.30 bits per heavy atom. The van der Waals surface area contributed by atoms with E-state index in [9.17, 15) is 0 Å². The summed E-state index contributed by atoms with van der Waals surface area (Å²) in [4.78, 5) is 0. The Bertz CT molecular complexity index is 130. The first-order chi connectivity index (χ1) is 4.79. The first-order valence-electron chi connectivity index (χ1n) is 3.04. The standard InChI is InChI=1S/C5H8N2SSe2/c9-5(10)6-7-1-3-8-4-2-7/h1-4H2. The second-order valence-corrected chi connectivity index (χ2v) is 6.09. The van der Waals surface area contributed by atoms with Crippen LogP contribution in [0.5, 0.6) is 0 Å². The zero-order valence-corrected chi connectivity index (χ0v) is 9.69. The minimum atomic E-state index is 0.909. The molecule has 0 atom stereocenters. The summed E-state index contributed by atoms with van der Waals surface area (Å²) >= 11 is 7.66. The van der Waals surface area contributed by atoms with Crippen molar-refractivity contribution in [2.45, 2.75) is 0 Å². The van der Waals surface area contributed by atoms with Crippen molar-refractivity contribution in [3.8, 4) is 0 Å². The van der Waals surface area contributed by atoms with E-state index in [1.54, 1.807) is 0 Å². The van der Waals surface area contributed by atoms with Crippen LogP contribution in [0.15, 0.2) is 5.10 Å². The molecule has 0 unspecified atom stereocenters. The average Bonchev–Trinajstić information content (AvgIpc) is 1.88. The van der Waals surface area contributed by atoms with Gasteiger partial charge in [-0.3, -0.25) is 0 Å². The fourth-order valence-electron chi connectivity index (χ4n) is 0.769. The molecule has 0 saturated carbocycles. The molecule has 0 aromatic carbocycles. The van der Waals surface area contributed by atoms with Crippen LogP contribution in [0.3, 0.4) is 0 Å². The van der Waals surface area contributed by atoms with Crippen molar-refractivity contribution in [2.24, 2.45) is 5.10 Å². The first kappa shape index (κ1) is 8.95. The number of hydrazone groups is 1. The second-order valence-electron chi connectivity index (χ2n) is 1.93. The molecule has 56 valence electrons. The molecular weight excluding hydrogens is 278 g/mol. The average molecular weight is 286 g/mol. The molecule has 1 heterocycles. The van der Waals surface area contributed by atoms with Gasteiger partial charge in [0.15, 0.2) is 0 Å². The van der Waals surface area contributed by atoms with Crippen LogP contribution in [-0.2, 0) is 0 Å². The summed E-state index contributed by atoms with van der Waals surface area (Å²) in [6.45, 7) is 2.16. The zero-order chi connectivity index (χ0) is 7.40. The van der Waals surface area contributed by atoms with Crippen LogP contribution in [0.25, 0.3) is 0 Å². The van der Waals surface area contributed by atoms with Gasteiger partial charge >= 0.3 is 82.0 Å². The van der Waals surface area contributed by atoms with Gasteiger partial charge in [-0.15, -0.1) is 0 Å². The third kappa shape index (κ3) is 3.31. The van der Waals surface area contributed by atoms with Gasteiger partial charge in [0.05, 0.1) is 0 Å². The van der Waals surface area contributed by atoms with Gasteiger partial charge < -0.3 is 0 Å². The van der Waals surface area contributed by atoms with Crippen molar-refractivity contribution < 1.29 is 0 Å². The van der Waals surface area contributed by atoms with E-state index in [0.29, 0.717) is 0 Å². The number of rotatable bonds is 1. The van der Waals surface area contributed by atoms with Crippen LogP contribution in [-0.4, -0.2) is 65.1 Å². The van der Waals surface area contributed by atoms with E-state index in [4.69, 9.17) is 0 Å². The van der Waals surface area contributed by atoms with E-state index < -0.39 is 0 Å². The van der Waals surface area contributed by atoms with Gasteiger partial charge in [0.2, 0.25) is 0 Å². The van der Waals surface area contributed by atoms with E-state index >= 15 is 0 Å². The van der Waals surface area contributed by atoms with Crippen LogP contribution in [0.4, 0.5) is 0 Å². The Morgan fingerprint density at radius 3 is 2.40 bits per heavy atom. The molecule has 0 aromatic rings. The van der Waals surface area contributed by atoms with Crippen LogP contribution in [0.1, 0.15) is 0 Å². The van der Waals surface area contributed by atoms with Gasteiger partial charge in [-0.25, -0.2) is 0 Å². The topological polar surface area (TPSA) is 15.6 Å². The van der Waals surface area contributed by atoms with Crippen LogP contribution in [0, 0.1) is 0 Å². The molecule has 2 nitrogen and oxygen atoms in total. The van der Waals surface area contributed by atoms with Crippen molar-refractivity contribution in [3.05, 3.63) is 0 Å². The molecule has 2 radical (unpaired) electrons. The molecule has 1 aliphatic rings. The summed E-state index contributed by atoms with van der Waals surface area (Å²) < 4.78 is 0.909. The summed E-state index contributed by atoms with van der Waals surface area (Å²) in [6, 6.07) is 0. The summed E-state index contributed by atoms with van der Waals surface area (Å²) in [5.74, 6) is 2.41. The van der Waals surface area contributed by atoms with Gasteiger partial charge in [-0.2, -0.15) is 0 Å². The molecule has 0 bridgehead atoms. The maximum atomic E-state index is 4.26. The molecule has 1 rings (SSSR count). The summed E-state index contributed by atoms with van der Waals surface area (Å²) in [5.41, 5.74) is 0. The number of thioether (sulfide) groups is 1. The first-order valence-corrected chi connectivity index (χ1v) is 5.91. The van der Waals surface area contributed by atoms with Gasteiger partial charge in [0.25, 0.3) is 0 Å². The number of nitrogens with zero attached hydrogens (tertiary/aromatic N) is 2. The molecule has 1 saturated heterocycles. The summed E-state index contributed by atoms with van der Waals surface area (Å²) in [7, 11) is 0. The third-order valence-corrected chi connectivity index (χ3v) is 2.50. The van der Waals surface area contributed by atoms with Gasteiger partial charge in [0.1, 0.15) is 0 Å². The van der Waals surface area contributed by atoms with Crippen molar-refractivity contribution in [2.75, 3.05) is 24.6 Å². The molecule has 5 heteroatoms. The maximum absolute atomic E-state index is 4.26. The van der Waals surface area contributed by atoms with Crippen molar-refractivity contribution in [1.29, 1.82) is 0 Å². The van der Waals surface area contributed by atoms with Crippen molar-refractivity contribution in [1.82, 2.24) is 5.01 Å². The van der Waals surface area contributed by atoms with E-state index in [1.807, 2.05) is 11.8 Å². The van der Waals surface area contributed by atoms with Gasteiger partial charge in [0, 0.05) is 0 Å². The molecule has 0 N–H and O–H groups in total. The predicted molar refractivity (Wildman–Crippen MR) is 47.8 cm³/mol. The fourth-order valence-corrected chi connectivity index (χ4v) is 2.14.